The largest absolute Gasteiger partial charge is 0.461 e. The van der Waals surface area contributed by atoms with Crippen LogP contribution in [0.2, 0.25) is 0 Å². The zero-order valence-corrected chi connectivity index (χ0v) is 17.9. The Kier molecular flexibility index (Phi) is 6.12. The van der Waals surface area contributed by atoms with Crippen molar-refractivity contribution in [3.05, 3.63) is 89.0 Å². The van der Waals surface area contributed by atoms with Gasteiger partial charge < -0.3 is 9.72 Å². The van der Waals surface area contributed by atoms with E-state index in [4.69, 9.17) is 4.74 Å². The first-order valence-corrected chi connectivity index (χ1v) is 10.5. The highest BCUT2D eigenvalue weighted by molar-refractivity contribution is 5.97. The van der Waals surface area contributed by atoms with E-state index in [-0.39, 0.29) is 11.6 Å². The first kappa shape index (κ1) is 21.4. The van der Waals surface area contributed by atoms with Gasteiger partial charge in [0.1, 0.15) is 17.2 Å². The monoisotopic (exact) mass is 430 g/mol. The van der Waals surface area contributed by atoms with Crippen LogP contribution in [0, 0.1) is 12.7 Å². The van der Waals surface area contributed by atoms with E-state index in [2.05, 4.69) is 9.97 Å². The number of benzene rings is 2. The number of nitrogens with one attached hydrogen (secondary N) is 1. The highest BCUT2D eigenvalue weighted by atomic mass is 19.1. The molecule has 6 heteroatoms. The summed E-state index contributed by atoms with van der Waals surface area (Å²) in [4.78, 5) is 32.3. The minimum absolute atomic E-state index is 0.0684. The number of esters is 1. The molecule has 32 heavy (non-hydrogen) atoms. The van der Waals surface area contributed by atoms with Crippen LogP contribution >= 0.6 is 0 Å². The Morgan fingerprint density at radius 1 is 1.06 bits per heavy atom. The molecule has 162 valence electrons. The molecule has 1 N–H and O–H groups in total. The van der Waals surface area contributed by atoms with Gasteiger partial charge in [0, 0.05) is 22.9 Å². The van der Waals surface area contributed by atoms with Crippen LogP contribution in [-0.4, -0.2) is 28.3 Å². The Balaban J connectivity index is 1.52. The van der Waals surface area contributed by atoms with Crippen molar-refractivity contribution < 1.29 is 18.7 Å². The Hall–Kier alpha value is -3.80. The Morgan fingerprint density at radius 3 is 2.69 bits per heavy atom. The molecule has 0 saturated heterocycles. The topological polar surface area (TPSA) is 72.1 Å². The van der Waals surface area contributed by atoms with Crippen LogP contribution in [0.5, 0.6) is 0 Å². The van der Waals surface area contributed by atoms with Crippen molar-refractivity contribution in [1.82, 2.24) is 9.97 Å². The molecule has 0 saturated carbocycles. The third-order valence-corrected chi connectivity index (χ3v) is 5.31. The molecule has 4 rings (SSSR count). The molecule has 0 aliphatic rings. The van der Waals surface area contributed by atoms with Gasteiger partial charge in [-0.25, -0.2) is 14.2 Å². The molecule has 0 unspecified atom stereocenters. The van der Waals surface area contributed by atoms with Gasteiger partial charge in [0.2, 0.25) is 0 Å². The first-order valence-electron chi connectivity index (χ1n) is 10.5. The van der Waals surface area contributed by atoms with E-state index in [1.54, 1.807) is 38.1 Å². The van der Waals surface area contributed by atoms with E-state index >= 15 is 0 Å². The molecular weight excluding hydrogens is 407 g/mol. The van der Waals surface area contributed by atoms with E-state index in [1.807, 2.05) is 30.3 Å². The van der Waals surface area contributed by atoms with Crippen LogP contribution in [0.15, 0.2) is 60.7 Å². The number of pyridine rings is 1. The van der Waals surface area contributed by atoms with Crippen LogP contribution in [-0.2, 0) is 11.2 Å². The molecule has 4 aromatic rings. The lowest BCUT2D eigenvalue weighted by atomic mass is 10.0. The van der Waals surface area contributed by atoms with E-state index in [1.165, 1.54) is 6.07 Å². The zero-order chi connectivity index (χ0) is 22.7. The fourth-order valence-corrected chi connectivity index (χ4v) is 3.61. The van der Waals surface area contributed by atoms with Gasteiger partial charge in [-0.15, -0.1) is 0 Å². The lowest BCUT2D eigenvalue weighted by molar-refractivity contribution is 0.0520. The lowest BCUT2D eigenvalue weighted by Crippen LogP contribution is -2.04. The number of hydrogen-bond donors (Lipinski definition) is 1. The summed E-state index contributed by atoms with van der Waals surface area (Å²) in [5.41, 5.74) is 4.61. The molecule has 0 aliphatic carbocycles. The molecule has 0 spiro atoms. The summed E-state index contributed by atoms with van der Waals surface area (Å²) in [5, 5.41) is 0.857. The maximum Gasteiger partial charge on any atom is 0.354 e. The number of fused-ring (bicyclic) bond motifs is 1. The summed E-state index contributed by atoms with van der Waals surface area (Å²) >= 11 is 0. The smallest absolute Gasteiger partial charge is 0.354 e. The number of carbonyl (C=O) groups excluding carboxylic acids is 2. The first-order chi connectivity index (χ1) is 15.4. The average molecular weight is 430 g/mol. The van der Waals surface area contributed by atoms with Crippen molar-refractivity contribution in [3.63, 3.8) is 0 Å². The minimum atomic E-state index is -0.396. The highest BCUT2D eigenvalue weighted by Gasteiger charge is 2.13. The predicted octanol–water partition coefficient (Wildman–Crippen LogP) is 5.67. The summed E-state index contributed by atoms with van der Waals surface area (Å²) in [5.74, 6) is -0.711. The van der Waals surface area contributed by atoms with Gasteiger partial charge in [-0.2, -0.15) is 0 Å². The molecule has 2 heterocycles. The number of ether oxygens (including phenoxy) is 1. The van der Waals surface area contributed by atoms with Gasteiger partial charge in [0.15, 0.2) is 5.78 Å². The number of aryl methyl sites for hydroxylation is 2. The number of aromatic amines is 1. The SMILES string of the molecule is CCOC(=O)c1cc2cc(-c3cccc(C(=O)CCc4ccc(F)c(C)c4)n3)ccc2[nH]1. The van der Waals surface area contributed by atoms with Crippen molar-refractivity contribution in [1.29, 1.82) is 0 Å². The fourth-order valence-electron chi connectivity index (χ4n) is 3.61. The van der Waals surface area contributed by atoms with Gasteiger partial charge >= 0.3 is 5.97 Å². The molecule has 0 aliphatic heterocycles. The average Bonchev–Trinajstić information content (AvgIpc) is 3.23. The van der Waals surface area contributed by atoms with Crippen molar-refractivity contribution in [3.8, 4) is 11.3 Å². The van der Waals surface area contributed by atoms with E-state index in [0.717, 1.165) is 22.0 Å². The van der Waals surface area contributed by atoms with Crippen LogP contribution < -0.4 is 0 Å². The fraction of sp³-hybridized carbons (Fsp3) is 0.192. The second-order valence-electron chi connectivity index (χ2n) is 7.62. The molecule has 0 radical (unpaired) electrons. The number of rotatable bonds is 7. The Labute approximate surface area is 185 Å². The van der Waals surface area contributed by atoms with Crippen LogP contribution in [0.25, 0.3) is 22.2 Å². The number of H-pyrrole nitrogens is 1. The van der Waals surface area contributed by atoms with E-state index in [9.17, 15) is 14.0 Å². The summed E-state index contributed by atoms with van der Waals surface area (Å²) in [6.45, 7) is 3.78. The van der Waals surface area contributed by atoms with Gasteiger partial charge in [0.25, 0.3) is 0 Å². The van der Waals surface area contributed by atoms with Gasteiger partial charge in [0.05, 0.1) is 12.3 Å². The lowest BCUT2D eigenvalue weighted by Gasteiger charge is -2.06. The quantitative estimate of drug-likeness (QED) is 0.303. The number of halogens is 1. The normalized spacial score (nSPS) is 11.0. The van der Waals surface area contributed by atoms with Crippen LogP contribution in [0.4, 0.5) is 4.39 Å². The minimum Gasteiger partial charge on any atom is -0.461 e. The summed E-state index contributed by atoms with van der Waals surface area (Å²) < 4.78 is 18.5. The standard InChI is InChI=1S/C26H23FN2O3/c1-3-32-26(31)24-15-19-14-18(9-11-22(19)29-24)21-5-4-6-23(28-21)25(30)12-8-17-7-10-20(27)16(2)13-17/h4-7,9-11,13-15,29H,3,8,12H2,1-2H3. The maximum atomic E-state index is 13.4. The Bertz CT molecular complexity index is 1310. The van der Waals surface area contributed by atoms with E-state index in [0.29, 0.717) is 42.1 Å². The Morgan fingerprint density at radius 2 is 1.91 bits per heavy atom. The zero-order valence-electron chi connectivity index (χ0n) is 17.9. The molecule has 2 aromatic heterocycles. The van der Waals surface area contributed by atoms with Gasteiger partial charge in [-0.3, -0.25) is 4.79 Å². The summed E-state index contributed by atoms with van der Waals surface area (Å²) in [7, 11) is 0. The number of ketones is 1. The molecule has 0 amide bonds. The third-order valence-electron chi connectivity index (χ3n) is 5.31. The third kappa shape index (κ3) is 4.59. The van der Waals surface area contributed by atoms with Gasteiger partial charge in [-0.05, 0) is 67.8 Å². The maximum absolute atomic E-state index is 13.4. The highest BCUT2D eigenvalue weighted by Crippen LogP contribution is 2.24. The number of aromatic nitrogens is 2. The van der Waals surface area contributed by atoms with Gasteiger partial charge in [-0.1, -0.05) is 24.3 Å². The number of nitrogens with zero attached hydrogens (tertiary/aromatic N) is 1. The molecule has 0 atom stereocenters. The van der Waals surface area contributed by atoms with Crippen molar-refractivity contribution in [2.24, 2.45) is 0 Å². The number of Topliss-reactive ketones (excluding diaryl/α,β-unsaturated/α-hetero) is 1. The second-order valence-corrected chi connectivity index (χ2v) is 7.62. The van der Waals surface area contributed by atoms with Crippen molar-refractivity contribution in [2.75, 3.05) is 6.61 Å². The van der Waals surface area contributed by atoms with Crippen LogP contribution in [0.1, 0.15) is 45.4 Å². The predicted molar refractivity (Wildman–Crippen MR) is 121 cm³/mol. The summed E-state index contributed by atoms with van der Waals surface area (Å²) in [6, 6.07) is 17.7. The number of carbonyl (C=O) groups is 2. The van der Waals surface area contributed by atoms with Crippen molar-refractivity contribution >= 4 is 22.7 Å². The van der Waals surface area contributed by atoms with Crippen LogP contribution in [0.3, 0.4) is 0 Å². The molecule has 0 bridgehead atoms. The summed E-state index contributed by atoms with van der Waals surface area (Å²) in [6.07, 6.45) is 0.819. The van der Waals surface area contributed by atoms with Crippen molar-refractivity contribution in [2.45, 2.75) is 26.7 Å². The number of hydrogen-bond acceptors (Lipinski definition) is 4. The van der Waals surface area contributed by atoms with E-state index < -0.39 is 5.97 Å². The molecule has 2 aromatic carbocycles. The molecule has 0 fully saturated rings. The molecule has 5 nitrogen and oxygen atoms in total. The molecular formula is C26H23FN2O3. The second kappa shape index (κ2) is 9.14.